The van der Waals surface area contributed by atoms with Gasteiger partial charge in [0.25, 0.3) is 0 Å². The molecule has 0 fully saturated rings. The Morgan fingerprint density at radius 1 is 1.00 bits per heavy atom. The highest BCUT2D eigenvalue weighted by Gasteiger charge is 2.11. The van der Waals surface area contributed by atoms with Crippen molar-refractivity contribution in [3.05, 3.63) is 54.6 Å². The molecular weight excluding hydrogens is 291 g/mol. The zero-order chi connectivity index (χ0) is 16.4. The highest BCUT2D eigenvalue weighted by atomic mass is 16.5. The van der Waals surface area contributed by atoms with E-state index >= 15 is 0 Å². The van der Waals surface area contributed by atoms with Crippen LogP contribution in [0.25, 0.3) is 10.9 Å². The molecule has 1 heterocycles. The molecule has 0 atom stereocenters. The summed E-state index contributed by atoms with van der Waals surface area (Å²) in [5, 5.41) is 19.2. The summed E-state index contributed by atoms with van der Waals surface area (Å²) in [6.45, 7) is 0. The highest BCUT2D eigenvalue weighted by Crippen LogP contribution is 2.25. The summed E-state index contributed by atoms with van der Waals surface area (Å²) >= 11 is 0. The fourth-order valence-electron chi connectivity index (χ4n) is 2.29. The summed E-state index contributed by atoms with van der Waals surface area (Å²) in [6, 6.07) is 16.4. The van der Waals surface area contributed by atoms with Crippen molar-refractivity contribution in [2.45, 2.75) is 0 Å². The summed E-state index contributed by atoms with van der Waals surface area (Å²) in [5.74, 6) is 1.20. The molecule has 0 saturated carbocycles. The molecule has 23 heavy (non-hydrogen) atoms. The van der Waals surface area contributed by atoms with Crippen molar-refractivity contribution in [1.82, 2.24) is 4.98 Å². The van der Waals surface area contributed by atoms with Crippen molar-refractivity contribution in [1.29, 1.82) is 0 Å². The SMILES string of the molecule is CN(C)c1cccc(Oc2ccc3cc(B(O)O)ccc3n2)c1. The molecule has 3 aromatic rings. The Balaban J connectivity index is 1.89. The largest absolute Gasteiger partial charge is 0.488 e. The smallest absolute Gasteiger partial charge is 0.439 e. The van der Waals surface area contributed by atoms with Crippen molar-refractivity contribution in [3.8, 4) is 11.6 Å². The van der Waals surface area contributed by atoms with Crippen LogP contribution in [0.1, 0.15) is 0 Å². The molecule has 0 aliphatic heterocycles. The molecule has 2 N–H and O–H groups in total. The van der Waals surface area contributed by atoms with Gasteiger partial charge in [0.05, 0.1) is 5.52 Å². The number of anilines is 1. The van der Waals surface area contributed by atoms with Crippen LogP contribution in [0.3, 0.4) is 0 Å². The molecule has 2 aromatic carbocycles. The van der Waals surface area contributed by atoms with Gasteiger partial charge in [0.2, 0.25) is 5.88 Å². The first-order valence-corrected chi connectivity index (χ1v) is 7.25. The third kappa shape index (κ3) is 3.44. The second kappa shape index (κ2) is 6.28. The maximum Gasteiger partial charge on any atom is 0.488 e. The molecule has 0 spiro atoms. The van der Waals surface area contributed by atoms with Gasteiger partial charge in [-0.05, 0) is 29.7 Å². The van der Waals surface area contributed by atoms with Gasteiger partial charge in [-0.3, -0.25) is 0 Å². The summed E-state index contributed by atoms with van der Waals surface area (Å²) in [7, 11) is 2.46. The Hall–Kier alpha value is -2.57. The number of pyridine rings is 1. The van der Waals surface area contributed by atoms with Crippen molar-refractivity contribution >= 4 is 29.2 Å². The number of nitrogens with zero attached hydrogens (tertiary/aromatic N) is 2. The first-order valence-electron chi connectivity index (χ1n) is 7.25. The van der Waals surface area contributed by atoms with Crippen LogP contribution >= 0.6 is 0 Å². The average molecular weight is 308 g/mol. The second-order valence-corrected chi connectivity index (χ2v) is 5.47. The Morgan fingerprint density at radius 2 is 1.83 bits per heavy atom. The Bertz CT molecular complexity index is 837. The number of hydrogen-bond donors (Lipinski definition) is 2. The Labute approximate surface area is 134 Å². The van der Waals surface area contributed by atoms with E-state index in [0.29, 0.717) is 17.1 Å². The highest BCUT2D eigenvalue weighted by molar-refractivity contribution is 6.58. The maximum atomic E-state index is 9.21. The summed E-state index contributed by atoms with van der Waals surface area (Å²) in [4.78, 5) is 6.45. The Kier molecular flexibility index (Phi) is 4.19. The van der Waals surface area contributed by atoms with Crippen LogP contribution in [0.15, 0.2) is 54.6 Å². The number of hydrogen-bond acceptors (Lipinski definition) is 5. The number of rotatable bonds is 4. The normalized spacial score (nSPS) is 10.6. The van der Waals surface area contributed by atoms with Crippen LogP contribution in [-0.2, 0) is 0 Å². The fourth-order valence-corrected chi connectivity index (χ4v) is 2.29. The molecule has 0 unspecified atom stereocenters. The van der Waals surface area contributed by atoms with Crippen molar-refractivity contribution in [3.63, 3.8) is 0 Å². The van der Waals surface area contributed by atoms with Crippen molar-refractivity contribution in [2.75, 3.05) is 19.0 Å². The minimum Gasteiger partial charge on any atom is -0.439 e. The number of fused-ring (bicyclic) bond motifs is 1. The van der Waals surface area contributed by atoms with Crippen LogP contribution in [0.5, 0.6) is 11.6 Å². The molecule has 116 valence electrons. The van der Waals surface area contributed by atoms with E-state index in [4.69, 9.17) is 4.74 Å². The summed E-state index contributed by atoms with van der Waals surface area (Å²) in [6.07, 6.45) is 0. The monoisotopic (exact) mass is 308 g/mol. The third-order valence-corrected chi connectivity index (χ3v) is 3.54. The van der Waals surface area contributed by atoms with Gasteiger partial charge in [-0.2, -0.15) is 0 Å². The van der Waals surface area contributed by atoms with Gasteiger partial charge < -0.3 is 19.7 Å². The standard InChI is InChI=1S/C17H17BN2O3/c1-20(2)14-4-3-5-15(11-14)23-17-9-6-12-10-13(18(21)22)7-8-16(12)19-17/h3-11,21-22H,1-2H3. The molecular formula is C17H17BN2O3. The molecule has 0 bridgehead atoms. The Morgan fingerprint density at radius 3 is 2.57 bits per heavy atom. The predicted octanol–water partition coefficient (Wildman–Crippen LogP) is 1.77. The van der Waals surface area contributed by atoms with Crippen molar-refractivity contribution in [2.24, 2.45) is 0 Å². The van der Waals surface area contributed by atoms with E-state index < -0.39 is 7.12 Å². The predicted molar refractivity (Wildman–Crippen MR) is 92.4 cm³/mol. The van der Waals surface area contributed by atoms with E-state index in [1.807, 2.05) is 49.3 Å². The zero-order valence-electron chi connectivity index (χ0n) is 13.0. The van der Waals surface area contributed by atoms with Crippen LogP contribution in [0.2, 0.25) is 0 Å². The molecule has 1 aromatic heterocycles. The lowest BCUT2D eigenvalue weighted by atomic mass is 9.80. The van der Waals surface area contributed by atoms with E-state index in [1.54, 1.807) is 24.3 Å². The molecule has 5 nitrogen and oxygen atoms in total. The van der Waals surface area contributed by atoms with Gasteiger partial charge in [0.1, 0.15) is 5.75 Å². The molecule has 0 aliphatic rings. The van der Waals surface area contributed by atoms with E-state index in [9.17, 15) is 10.0 Å². The maximum absolute atomic E-state index is 9.21. The first kappa shape index (κ1) is 15.3. The van der Waals surface area contributed by atoms with Gasteiger partial charge >= 0.3 is 7.12 Å². The minimum atomic E-state index is -1.48. The molecule has 3 rings (SSSR count). The third-order valence-electron chi connectivity index (χ3n) is 3.54. The van der Waals surface area contributed by atoms with Gasteiger partial charge in [0, 0.05) is 37.3 Å². The fraction of sp³-hybridized carbons (Fsp3) is 0.118. The van der Waals surface area contributed by atoms with Gasteiger partial charge in [-0.15, -0.1) is 0 Å². The molecule has 0 aliphatic carbocycles. The van der Waals surface area contributed by atoms with E-state index in [-0.39, 0.29) is 0 Å². The summed E-state index contributed by atoms with van der Waals surface area (Å²) in [5.41, 5.74) is 2.21. The first-order chi connectivity index (χ1) is 11.0. The molecule has 0 saturated heterocycles. The lowest BCUT2D eigenvalue weighted by Crippen LogP contribution is -2.29. The number of ether oxygens (including phenoxy) is 1. The minimum absolute atomic E-state index is 0.437. The van der Waals surface area contributed by atoms with Crippen LogP contribution in [0.4, 0.5) is 5.69 Å². The quantitative estimate of drug-likeness (QED) is 0.719. The molecule has 0 amide bonds. The number of aromatic nitrogens is 1. The number of benzene rings is 2. The lowest BCUT2D eigenvalue weighted by molar-refractivity contribution is 0.426. The van der Waals surface area contributed by atoms with Gasteiger partial charge in [0.15, 0.2) is 0 Å². The topological polar surface area (TPSA) is 65.8 Å². The zero-order valence-corrected chi connectivity index (χ0v) is 13.0. The summed E-state index contributed by atoms with van der Waals surface area (Å²) < 4.78 is 5.82. The average Bonchev–Trinajstić information content (AvgIpc) is 2.54. The van der Waals surface area contributed by atoms with E-state index in [0.717, 1.165) is 16.6 Å². The molecule has 0 radical (unpaired) electrons. The second-order valence-electron chi connectivity index (χ2n) is 5.47. The van der Waals surface area contributed by atoms with Gasteiger partial charge in [-0.25, -0.2) is 4.98 Å². The molecule has 6 heteroatoms. The van der Waals surface area contributed by atoms with Crippen LogP contribution in [-0.4, -0.2) is 36.2 Å². The van der Waals surface area contributed by atoms with E-state index in [2.05, 4.69) is 4.98 Å². The van der Waals surface area contributed by atoms with E-state index in [1.165, 1.54) is 0 Å². The van der Waals surface area contributed by atoms with Crippen LogP contribution < -0.4 is 15.1 Å². The van der Waals surface area contributed by atoms with Gasteiger partial charge in [-0.1, -0.05) is 18.2 Å². The van der Waals surface area contributed by atoms with Crippen molar-refractivity contribution < 1.29 is 14.8 Å². The lowest BCUT2D eigenvalue weighted by Gasteiger charge is -2.13. The van der Waals surface area contributed by atoms with Crippen LogP contribution in [0, 0.1) is 0 Å².